The summed E-state index contributed by atoms with van der Waals surface area (Å²) in [6, 6.07) is 4.02. The van der Waals surface area contributed by atoms with Gasteiger partial charge in [0.25, 0.3) is 0 Å². The maximum absolute atomic E-state index is 4.23. The van der Waals surface area contributed by atoms with Crippen LogP contribution in [0.4, 0.5) is 5.69 Å². The molecule has 0 aliphatic rings. The van der Waals surface area contributed by atoms with Gasteiger partial charge in [0.05, 0.1) is 5.01 Å². The molecule has 4 heteroatoms. The van der Waals surface area contributed by atoms with Gasteiger partial charge in [0, 0.05) is 42.1 Å². The molecule has 0 unspecified atom stereocenters. The van der Waals surface area contributed by atoms with Crippen LogP contribution in [0.2, 0.25) is 0 Å². The Morgan fingerprint density at radius 2 is 2.27 bits per heavy atom. The van der Waals surface area contributed by atoms with E-state index in [1.165, 1.54) is 5.01 Å². The molecule has 78 valence electrons. The van der Waals surface area contributed by atoms with Crippen molar-refractivity contribution < 1.29 is 0 Å². The van der Waals surface area contributed by atoms with Crippen LogP contribution in [0.25, 0.3) is 0 Å². The number of hydrogen-bond acceptors (Lipinski definition) is 4. The van der Waals surface area contributed by atoms with Crippen LogP contribution in [0.5, 0.6) is 0 Å². The maximum atomic E-state index is 4.23. The van der Waals surface area contributed by atoms with Crippen molar-refractivity contribution in [1.82, 2.24) is 9.97 Å². The van der Waals surface area contributed by atoms with Crippen LogP contribution < -0.4 is 5.32 Å². The predicted molar refractivity (Wildman–Crippen MR) is 63.3 cm³/mol. The molecular weight excluding hydrogens is 206 g/mol. The van der Waals surface area contributed by atoms with Crippen LogP contribution in [-0.4, -0.2) is 16.5 Å². The minimum absolute atomic E-state index is 0.914. The number of nitrogens with zero attached hydrogens (tertiary/aromatic N) is 2. The van der Waals surface area contributed by atoms with Crippen LogP contribution in [0, 0.1) is 6.92 Å². The molecule has 0 saturated carbocycles. The molecule has 1 N–H and O–H groups in total. The summed E-state index contributed by atoms with van der Waals surface area (Å²) in [6.45, 7) is 2.91. The second-order valence-corrected chi connectivity index (χ2v) is 4.27. The molecule has 0 aromatic carbocycles. The Hall–Kier alpha value is -1.42. The lowest BCUT2D eigenvalue weighted by molar-refractivity contribution is 0.996. The number of nitrogens with one attached hydrogen (secondary N) is 1. The smallest absolute Gasteiger partial charge is 0.0942 e. The molecule has 0 amide bonds. The van der Waals surface area contributed by atoms with Crippen molar-refractivity contribution in [2.45, 2.75) is 13.3 Å². The number of hydrogen-bond donors (Lipinski definition) is 1. The predicted octanol–water partition coefficient (Wildman–Crippen LogP) is 2.50. The van der Waals surface area contributed by atoms with Gasteiger partial charge in [-0.25, -0.2) is 4.98 Å². The first-order valence-corrected chi connectivity index (χ1v) is 5.77. The van der Waals surface area contributed by atoms with Gasteiger partial charge < -0.3 is 5.32 Å². The molecule has 0 saturated heterocycles. The summed E-state index contributed by atoms with van der Waals surface area (Å²) in [7, 11) is 0. The summed E-state index contributed by atoms with van der Waals surface area (Å²) >= 11 is 1.70. The molecule has 2 heterocycles. The van der Waals surface area contributed by atoms with E-state index >= 15 is 0 Å². The van der Waals surface area contributed by atoms with Gasteiger partial charge in [-0.3, -0.25) is 4.98 Å². The van der Waals surface area contributed by atoms with Crippen molar-refractivity contribution in [3.8, 4) is 0 Å². The number of rotatable bonds is 4. The summed E-state index contributed by atoms with van der Waals surface area (Å²) in [6.07, 6.45) is 4.64. The van der Waals surface area contributed by atoms with Gasteiger partial charge in [0.1, 0.15) is 0 Å². The van der Waals surface area contributed by atoms with E-state index in [-0.39, 0.29) is 0 Å². The SMILES string of the molecule is Cc1cc(NCCc2nccs2)ccn1. The third-order valence-corrected chi connectivity index (χ3v) is 2.89. The molecule has 0 bridgehead atoms. The van der Waals surface area contributed by atoms with E-state index < -0.39 is 0 Å². The molecule has 0 aliphatic carbocycles. The molecule has 3 nitrogen and oxygen atoms in total. The first kappa shape index (κ1) is 10.1. The topological polar surface area (TPSA) is 37.8 Å². The number of aromatic nitrogens is 2. The summed E-state index contributed by atoms with van der Waals surface area (Å²) in [5.74, 6) is 0. The minimum atomic E-state index is 0.914. The Labute approximate surface area is 93.2 Å². The van der Waals surface area contributed by atoms with E-state index in [1.807, 2.05) is 36.8 Å². The average Bonchev–Trinajstić information content (AvgIpc) is 2.71. The Morgan fingerprint density at radius 1 is 1.33 bits per heavy atom. The lowest BCUT2D eigenvalue weighted by Gasteiger charge is -2.04. The largest absolute Gasteiger partial charge is 0.385 e. The van der Waals surface area contributed by atoms with Gasteiger partial charge in [0.2, 0.25) is 0 Å². The van der Waals surface area contributed by atoms with Crippen LogP contribution in [0.15, 0.2) is 29.9 Å². The lowest BCUT2D eigenvalue weighted by atomic mass is 10.3. The summed E-state index contributed by atoms with van der Waals surface area (Å²) in [5, 5.41) is 6.53. The van der Waals surface area contributed by atoms with Crippen molar-refractivity contribution in [3.63, 3.8) is 0 Å². The highest BCUT2D eigenvalue weighted by Crippen LogP contribution is 2.08. The maximum Gasteiger partial charge on any atom is 0.0942 e. The fraction of sp³-hybridized carbons (Fsp3) is 0.273. The lowest BCUT2D eigenvalue weighted by Crippen LogP contribution is -2.04. The van der Waals surface area contributed by atoms with Crippen molar-refractivity contribution in [3.05, 3.63) is 40.6 Å². The summed E-state index contributed by atoms with van der Waals surface area (Å²) in [4.78, 5) is 8.38. The zero-order valence-corrected chi connectivity index (χ0v) is 9.42. The van der Waals surface area contributed by atoms with Gasteiger partial charge in [-0.15, -0.1) is 11.3 Å². The second-order valence-electron chi connectivity index (χ2n) is 3.29. The first-order valence-electron chi connectivity index (χ1n) is 4.89. The Bertz CT molecular complexity index is 412. The quantitative estimate of drug-likeness (QED) is 0.858. The molecule has 0 aliphatic heterocycles. The van der Waals surface area contributed by atoms with E-state index in [0.29, 0.717) is 0 Å². The van der Waals surface area contributed by atoms with E-state index in [4.69, 9.17) is 0 Å². The summed E-state index contributed by atoms with van der Waals surface area (Å²) in [5.41, 5.74) is 2.16. The minimum Gasteiger partial charge on any atom is -0.385 e. The zero-order chi connectivity index (χ0) is 10.5. The van der Waals surface area contributed by atoms with E-state index in [2.05, 4.69) is 15.3 Å². The van der Waals surface area contributed by atoms with Crippen molar-refractivity contribution >= 4 is 17.0 Å². The Morgan fingerprint density at radius 3 is 3.00 bits per heavy atom. The number of anilines is 1. The fourth-order valence-electron chi connectivity index (χ4n) is 1.35. The average molecular weight is 219 g/mol. The number of thiazole rings is 1. The van der Waals surface area contributed by atoms with Crippen LogP contribution in [0.1, 0.15) is 10.7 Å². The van der Waals surface area contributed by atoms with Crippen molar-refractivity contribution in [1.29, 1.82) is 0 Å². The zero-order valence-electron chi connectivity index (χ0n) is 8.60. The van der Waals surface area contributed by atoms with Crippen molar-refractivity contribution in [2.75, 3.05) is 11.9 Å². The molecule has 0 atom stereocenters. The first-order chi connectivity index (χ1) is 7.34. The molecular formula is C11H13N3S. The number of pyridine rings is 1. The summed E-state index contributed by atoms with van der Waals surface area (Å²) < 4.78 is 0. The van der Waals surface area contributed by atoms with Crippen LogP contribution >= 0.6 is 11.3 Å². The molecule has 2 aromatic heterocycles. The van der Waals surface area contributed by atoms with Crippen LogP contribution in [-0.2, 0) is 6.42 Å². The third kappa shape index (κ3) is 3.02. The van der Waals surface area contributed by atoms with Gasteiger partial charge in [-0.05, 0) is 19.1 Å². The van der Waals surface area contributed by atoms with E-state index in [0.717, 1.165) is 24.3 Å². The second kappa shape index (κ2) is 4.89. The third-order valence-electron chi connectivity index (χ3n) is 2.05. The van der Waals surface area contributed by atoms with Crippen molar-refractivity contribution in [2.24, 2.45) is 0 Å². The van der Waals surface area contributed by atoms with Gasteiger partial charge in [-0.1, -0.05) is 0 Å². The van der Waals surface area contributed by atoms with Gasteiger partial charge in [0.15, 0.2) is 0 Å². The normalized spacial score (nSPS) is 10.2. The highest BCUT2D eigenvalue weighted by atomic mass is 32.1. The van der Waals surface area contributed by atoms with E-state index in [1.54, 1.807) is 11.3 Å². The Kier molecular flexibility index (Phi) is 3.29. The molecule has 0 spiro atoms. The molecule has 0 radical (unpaired) electrons. The highest BCUT2D eigenvalue weighted by Gasteiger charge is 1.96. The molecule has 15 heavy (non-hydrogen) atoms. The molecule has 0 fully saturated rings. The Balaban J connectivity index is 1.83. The number of aryl methyl sites for hydroxylation is 1. The standard InChI is InChI=1S/C11H13N3S/c1-9-8-10(2-4-12-9)13-5-3-11-14-6-7-15-11/h2,4,6-8H,3,5H2,1H3,(H,12,13). The fourth-order valence-corrected chi connectivity index (χ4v) is 1.97. The molecule has 2 rings (SSSR count). The van der Waals surface area contributed by atoms with E-state index in [9.17, 15) is 0 Å². The molecule has 2 aromatic rings. The van der Waals surface area contributed by atoms with Gasteiger partial charge in [-0.2, -0.15) is 0 Å². The monoisotopic (exact) mass is 219 g/mol. The van der Waals surface area contributed by atoms with Gasteiger partial charge >= 0.3 is 0 Å². The van der Waals surface area contributed by atoms with Crippen LogP contribution in [0.3, 0.4) is 0 Å². The highest BCUT2D eigenvalue weighted by molar-refractivity contribution is 7.09.